The molecule has 1 N–H and O–H groups in total. The van der Waals surface area contributed by atoms with Gasteiger partial charge in [0, 0.05) is 5.33 Å². The highest BCUT2D eigenvalue weighted by Gasteiger charge is 2.34. The maximum absolute atomic E-state index is 12.2. The standard InChI is InChI=1S/C13H18BrNO2/c1-9-7-11(10(2)17-9)12(16)15-13(8-14)5-3-4-6-13/h7H,3-6,8H2,1-2H3,(H,15,16). The molecule has 1 aromatic heterocycles. The van der Waals surface area contributed by atoms with Crippen LogP contribution in [0.1, 0.15) is 47.6 Å². The Morgan fingerprint density at radius 3 is 2.59 bits per heavy atom. The van der Waals surface area contributed by atoms with Crippen molar-refractivity contribution in [2.45, 2.75) is 45.1 Å². The number of aryl methyl sites for hydroxylation is 2. The van der Waals surface area contributed by atoms with Gasteiger partial charge in [0.1, 0.15) is 11.5 Å². The van der Waals surface area contributed by atoms with Crippen LogP contribution in [0.5, 0.6) is 0 Å². The van der Waals surface area contributed by atoms with Crippen LogP contribution in [0, 0.1) is 13.8 Å². The number of hydrogen-bond donors (Lipinski definition) is 1. The van der Waals surface area contributed by atoms with Crippen LogP contribution in [0.4, 0.5) is 0 Å². The summed E-state index contributed by atoms with van der Waals surface area (Å²) in [4.78, 5) is 12.2. The first kappa shape index (κ1) is 12.7. The van der Waals surface area contributed by atoms with Crippen LogP contribution < -0.4 is 5.32 Å². The van der Waals surface area contributed by atoms with E-state index in [2.05, 4.69) is 21.2 Å². The lowest BCUT2D eigenvalue weighted by Crippen LogP contribution is -2.47. The highest BCUT2D eigenvalue weighted by molar-refractivity contribution is 9.09. The van der Waals surface area contributed by atoms with Gasteiger partial charge in [0.25, 0.3) is 5.91 Å². The van der Waals surface area contributed by atoms with Gasteiger partial charge < -0.3 is 9.73 Å². The zero-order valence-electron chi connectivity index (χ0n) is 10.3. The Bertz CT molecular complexity index is 419. The fourth-order valence-corrected chi connectivity index (χ4v) is 3.21. The molecule has 94 valence electrons. The van der Waals surface area contributed by atoms with Crippen LogP contribution in [-0.2, 0) is 0 Å². The normalized spacial score (nSPS) is 18.3. The molecule has 0 radical (unpaired) electrons. The number of nitrogens with one attached hydrogen (secondary N) is 1. The molecule has 17 heavy (non-hydrogen) atoms. The van der Waals surface area contributed by atoms with Crippen LogP contribution in [0.15, 0.2) is 10.5 Å². The van der Waals surface area contributed by atoms with E-state index in [1.165, 1.54) is 12.8 Å². The Hall–Kier alpha value is -0.770. The number of carbonyl (C=O) groups is 1. The predicted octanol–water partition coefficient (Wildman–Crippen LogP) is 3.33. The molecule has 0 atom stereocenters. The van der Waals surface area contributed by atoms with Gasteiger partial charge in [-0.2, -0.15) is 0 Å². The zero-order chi connectivity index (χ0) is 12.5. The molecule has 1 amide bonds. The second-order valence-electron chi connectivity index (χ2n) is 4.90. The maximum atomic E-state index is 12.2. The first-order valence-corrected chi connectivity index (χ1v) is 7.14. The molecule has 1 saturated carbocycles. The number of alkyl halides is 1. The van der Waals surface area contributed by atoms with Gasteiger partial charge in [0.05, 0.1) is 11.1 Å². The van der Waals surface area contributed by atoms with Crippen molar-refractivity contribution in [2.75, 3.05) is 5.33 Å². The van der Waals surface area contributed by atoms with Gasteiger partial charge in [-0.3, -0.25) is 4.79 Å². The summed E-state index contributed by atoms with van der Waals surface area (Å²) < 4.78 is 5.39. The Balaban J connectivity index is 2.13. The van der Waals surface area contributed by atoms with Gasteiger partial charge in [-0.15, -0.1) is 0 Å². The van der Waals surface area contributed by atoms with Gasteiger partial charge in [-0.1, -0.05) is 28.8 Å². The number of hydrogen-bond acceptors (Lipinski definition) is 2. The van der Waals surface area contributed by atoms with Crippen LogP contribution in [0.2, 0.25) is 0 Å². The number of halogens is 1. The molecule has 0 aliphatic heterocycles. The lowest BCUT2D eigenvalue weighted by atomic mass is 10.00. The monoisotopic (exact) mass is 299 g/mol. The van der Waals surface area contributed by atoms with Crippen molar-refractivity contribution in [3.8, 4) is 0 Å². The Morgan fingerprint density at radius 2 is 2.12 bits per heavy atom. The van der Waals surface area contributed by atoms with E-state index >= 15 is 0 Å². The molecule has 0 saturated heterocycles. The Labute approximate surface area is 110 Å². The smallest absolute Gasteiger partial charge is 0.255 e. The highest BCUT2D eigenvalue weighted by atomic mass is 79.9. The van der Waals surface area contributed by atoms with E-state index in [1.54, 1.807) is 0 Å². The molecule has 1 fully saturated rings. The lowest BCUT2D eigenvalue weighted by Gasteiger charge is -2.27. The summed E-state index contributed by atoms with van der Waals surface area (Å²) in [6.07, 6.45) is 4.49. The third-order valence-electron chi connectivity index (χ3n) is 3.48. The summed E-state index contributed by atoms with van der Waals surface area (Å²) in [5.74, 6) is 1.47. The summed E-state index contributed by atoms with van der Waals surface area (Å²) in [5, 5.41) is 3.99. The van der Waals surface area contributed by atoms with Crippen molar-refractivity contribution in [3.05, 3.63) is 23.2 Å². The average molecular weight is 300 g/mol. The van der Waals surface area contributed by atoms with E-state index in [9.17, 15) is 4.79 Å². The molecule has 0 aromatic carbocycles. The molecule has 0 spiro atoms. The molecule has 4 heteroatoms. The highest BCUT2D eigenvalue weighted by Crippen LogP contribution is 2.31. The summed E-state index contributed by atoms with van der Waals surface area (Å²) in [6.45, 7) is 3.69. The minimum atomic E-state index is -0.0608. The molecule has 1 aromatic rings. The minimum Gasteiger partial charge on any atom is -0.466 e. The van der Waals surface area contributed by atoms with E-state index in [4.69, 9.17) is 4.42 Å². The quantitative estimate of drug-likeness (QED) is 0.870. The Kier molecular flexibility index (Phi) is 3.61. The molecule has 0 unspecified atom stereocenters. The van der Waals surface area contributed by atoms with E-state index in [-0.39, 0.29) is 11.4 Å². The van der Waals surface area contributed by atoms with Crippen molar-refractivity contribution in [2.24, 2.45) is 0 Å². The van der Waals surface area contributed by atoms with Gasteiger partial charge in [0.2, 0.25) is 0 Å². The molecule has 3 nitrogen and oxygen atoms in total. The summed E-state index contributed by atoms with van der Waals surface area (Å²) in [6, 6.07) is 1.81. The van der Waals surface area contributed by atoms with Gasteiger partial charge >= 0.3 is 0 Å². The number of carbonyl (C=O) groups excluding carboxylic acids is 1. The second kappa shape index (κ2) is 4.84. The molecular formula is C13H18BrNO2. The molecule has 2 rings (SSSR count). The second-order valence-corrected chi connectivity index (χ2v) is 5.46. The summed E-state index contributed by atoms with van der Waals surface area (Å²) >= 11 is 3.52. The summed E-state index contributed by atoms with van der Waals surface area (Å²) in [5.41, 5.74) is 0.601. The van der Waals surface area contributed by atoms with E-state index in [0.29, 0.717) is 11.3 Å². The molecule has 0 bridgehead atoms. The SMILES string of the molecule is Cc1cc(C(=O)NC2(CBr)CCCC2)c(C)o1. The van der Waals surface area contributed by atoms with Crippen molar-refractivity contribution in [1.82, 2.24) is 5.32 Å². The van der Waals surface area contributed by atoms with E-state index < -0.39 is 0 Å². The predicted molar refractivity (Wildman–Crippen MR) is 70.6 cm³/mol. The largest absolute Gasteiger partial charge is 0.466 e. The summed E-state index contributed by atoms with van der Waals surface area (Å²) in [7, 11) is 0. The third kappa shape index (κ3) is 2.57. The van der Waals surface area contributed by atoms with Crippen LogP contribution in [-0.4, -0.2) is 16.8 Å². The van der Waals surface area contributed by atoms with Crippen molar-refractivity contribution in [1.29, 1.82) is 0 Å². The van der Waals surface area contributed by atoms with Crippen LogP contribution in [0.25, 0.3) is 0 Å². The number of amides is 1. The fraction of sp³-hybridized carbons (Fsp3) is 0.615. The van der Waals surface area contributed by atoms with Crippen molar-refractivity contribution < 1.29 is 9.21 Å². The maximum Gasteiger partial charge on any atom is 0.255 e. The topological polar surface area (TPSA) is 42.2 Å². The van der Waals surface area contributed by atoms with Crippen molar-refractivity contribution >= 4 is 21.8 Å². The van der Waals surface area contributed by atoms with Gasteiger partial charge in [0.15, 0.2) is 0 Å². The number of furan rings is 1. The molecule has 1 heterocycles. The fourth-order valence-electron chi connectivity index (χ4n) is 2.51. The molecule has 1 aliphatic rings. The lowest BCUT2D eigenvalue weighted by molar-refractivity contribution is 0.0909. The van der Waals surface area contributed by atoms with Crippen LogP contribution in [0.3, 0.4) is 0 Å². The Morgan fingerprint density at radius 1 is 1.47 bits per heavy atom. The third-order valence-corrected chi connectivity index (χ3v) is 4.55. The molecular weight excluding hydrogens is 282 g/mol. The first-order valence-electron chi connectivity index (χ1n) is 6.02. The number of rotatable bonds is 3. The van der Waals surface area contributed by atoms with Gasteiger partial charge in [-0.25, -0.2) is 0 Å². The van der Waals surface area contributed by atoms with Crippen LogP contribution >= 0.6 is 15.9 Å². The first-order chi connectivity index (χ1) is 8.06. The van der Waals surface area contributed by atoms with E-state index in [0.717, 1.165) is 23.9 Å². The molecule has 1 aliphatic carbocycles. The van der Waals surface area contributed by atoms with Crippen molar-refractivity contribution in [3.63, 3.8) is 0 Å². The minimum absolute atomic E-state index is 0.0132. The van der Waals surface area contributed by atoms with E-state index in [1.807, 2.05) is 19.9 Å². The average Bonchev–Trinajstić information content (AvgIpc) is 2.86. The zero-order valence-corrected chi connectivity index (χ0v) is 11.9. The van der Waals surface area contributed by atoms with Gasteiger partial charge in [-0.05, 0) is 32.8 Å².